The van der Waals surface area contributed by atoms with Crippen LogP contribution in [0.5, 0.6) is 11.5 Å². The number of rotatable bonds is 5. The van der Waals surface area contributed by atoms with Crippen molar-refractivity contribution in [1.29, 1.82) is 0 Å². The van der Waals surface area contributed by atoms with E-state index in [0.29, 0.717) is 17.2 Å². The lowest BCUT2D eigenvalue weighted by molar-refractivity contribution is -0.0314. The lowest BCUT2D eigenvalue weighted by Crippen LogP contribution is -2.72. The Morgan fingerprint density at radius 3 is 2.56 bits per heavy atom. The molecule has 0 saturated carbocycles. The summed E-state index contributed by atoms with van der Waals surface area (Å²) >= 11 is 0. The molecule has 3 aromatic rings. The van der Waals surface area contributed by atoms with Crippen molar-refractivity contribution in [1.82, 2.24) is 15.2 Å². The first-order valence-corrected chi connectivity index (χ1v) is 11.5. The molecule has 7 rings (SSSR count). The third-order valence-electron chi connectivity index (χ3n) is 7.63. The van der Waals surface area contributed by atoms with Crippen molar-refractivity contribution >= 4 is 5.78 Å². The minimum atomic E-state index is -0.611. The summed E-state index contributed by atoms with van der Waals surface area (Å²) in [7, 11) is 0. The molecular formula is C27H27N3O2. The predicted octanol–water partition coefficient (Wildman–Crippen LogP) is 4.28. The number of benzene rings is 2. The molecule has 4 saturated heterocycles. The summed E-state index contributed by atoms with van der Waals surface area (Å²) in [6, 6.07) is 21.6. The zero-order valence-corrected chi connectivity index (χ0v) is 18.0. The van der Waals surface area contributed by atoms with Gasteiger partial charge in [-0.1, -0.05) is 36.4 Å². The fraction of sp³-hybridized carbons (Fsp3) is 0.333. The van der Waals surface area contributed by atoms with Gasteiger partial charge in [0.15, 0.2) is 5.78 Å². The predicted molar refractivity (Wildman–Crippen MR) is 123 cm³/mol. The molecule has 0 aliphatic carbocycles. The number of nitrogens with one attached hydrogen (secondary N) is 1. The van der Waals surface area contributed by atoms with E-state index < -0.39 is 5.54 Å². The maximum absolute atomic E-state index is 14.6. The van der Waals surface area contributed by atoms with E-state index in [0.717, 1.165) is 43.8 Å². The van der Waals surface area contributed by atoms with E-state index >= 15 is 0 Å². The quantitative estimate of drug-likeness (QED) is 0.619. The maximum atomic E-state index is 14.6. The molecule has 5 heteroatoms. The molecule has 3 unspecified atom stereocenters. The van der Waals surface area contributed by atoms with Crippen LogP contribution in [0.2, 0.25) is 0 Å². The average Bonchev–Trinajstić information content (AvgIpc) is 3.30. The Labute approximate surface area is 188 Å². The number of ether oxygens (including phenoxy) is 1. The average molecular weight is 426 g/mol. The van der Waals surface area contributed by atoms with E-state index in [4.69, 9.17) is 4.74 Å². The van der Waals surface area contributed by atoms with Crippen LogP contribution in [0, 0.1) is 5.92 Å². The monoisotopic (exact) mass is 425 g/mol. The van der Waals surface area contributed by atoms with Gasteiger partial charge in [-0.05, 0) is 67.7 Å². The minimum Gasteiger partial charge on any atom is -0.457 e. The Morgan fingerprint density at radius 1 is 1.00 bits per heavy atom. The second-order valence-electron chi connectivity index (χ2n) is 9.12. The van der Waals surface area contributed by atoms with Crippen molar-refractivity contribution in [2.45, 2.75) is 30.3 Å². The zero-order chi connectivity index (χ0) is 21.5. The minimum absolute atomic E-state index is 0.0570. The van der Waals surface area contributed by atoms with E-state index in [1.165, 1.54) is 0 Å². The Balaban J connectivity index is 1.47. The summed E-state index contributed by atoms with van der Waals surface area (Å²) in [5, 5.41) is 3.77. The summed E-state index contributed by atoms with van der Waals surface area (Å²) in [4.78, 5) is 21.4. The maximum Gasteiger partial charge on any atom is 0.189 e. The van der Waals surface area contributed by atoms with Gasteiger partial charge < -0.3 is 10.1 Å². The standard InChI is InChI=1S/C27H27N3O2/c31-26(22-10-4-5-11-24(22)32-21-8-2-1-3-9-21)27-23(20-7-6-14-28-17-20)18-29-25(27)19-12-15-30(27)16-13-19/h1-11,14,17,19,23,25,29H,12-13,15-16,18H2. The number of fused-ring (bicyclic) bond motifs is 2. The van der Waals surface area contributed by atoms with Crippen molar-refractivity contribution in [2.75, 3.05) is 19.6 Å². The fourth-order valence-corrected chi connectivity index (χ4v) is 6.29. The van der Waals surface area contributed by atoms with Crippen LogP contribution in [0.1, 0.15) is 34.7 Å². The normalized spacial score (nSPS) is 30.6. The number of hydrogen-bond donors (Lipinski definition) is 1. The molecule has 1 aromatic heterocycles. The number of pyridine rings is 1. The first-order valence-electron chi connectivity index (χ1n) is 11.5. The van der Waals surface area contributed by atoms with Gasteiger partial charge in [-0.25, -0.2) is 0 Å². The number of piperidine rings is 3. The number of Topliss-reactive ketones (excluding diaryl/α,β-unsaturated/α-hetero) is 1. The fourth-order valence-electron chi connectivity index (χ4n) is 6.29. The number of hydrogen-bond acceptors (Lipinski definition) is 5. The van der Waals surface area contributed by atoms with Gasteiger partial charge in [0, 0.05) is 30.9 Å². The first-order chi connectivity index (χ1) is 15.8. The number of para-hydroxylation sites is 2. The van der Waals surface area contributed by atoms with Gasteiger partial charge in [-0.2, -0.15) is 0 Å². The van der Waals surface area contributed by atoms with Crippen LogP contribution < -0.4 is 10.1 Å². The summed E-state index contributed by atoms with van der Waals surface area (Å²) in [6.45, 7) is 2.72. The van der Waals surface area contributed by atoms with Crippen LogP contribution in [-0.2, 0) is 0 Å². The molecule has 4 fully saturated rings. The second kappa shape index (κ2) is 7.84. The highest BCUT2D eigenvalue weighted by Gasteiger charge is 2.65. The summed E-state index contributed by atoms with van der Waals surface area (Å²) in [5.41, 5.74) is 1.18. The molecule has 4 aliphatic rings. The molecule has 2 aromatic carbocycles. The second-order valence-corrected chi connectivity index (χ2v) is 9.12. The van der Waals surface area contributed by atoms with Crippen molar-refractivity contribution in [2.24, 2.45) is 5.92 Å². The van der Waals surface area contributed by atoms with Gasteiger partial charge in [-0.3, -0.25) is 14.7 Å². The molecule has 0 radical (unpaired) electrons. The molecular weight excluding hydrogens is 398 g/mol. The van der Waals surface area contributed by atoms with Crippen molar-refractivity contribution in [3.05, 3.63) is 90.3 Å². The SMILES string of the molecule is O=C(c1ccccc1Oc1ccccc1)C12C(c3cccnc3)CNC1C1CCN2CC1. The third-order valence-corrected chi connectivity index (χ3v) is 7.63. The van der Waals surface area contributed by atoms with Crippen LogP contribution in [0.15, 0.2) is 79.1 Å². The number of carbonyl (C=O) groups is 1. The molecule has 0 spiro atoms. The van der Waals surface area contributed by atoms with Crippen LogP contribution in [0.25, 0.3) is 0 Å². The molecule has 1 N–H and O–H groups in total. The van der Waals surface area contributed by atoms with E-state index in [9.17, 15) is 4.79 Å². The Hall–Kier alpha value is -3.02. The Kier molecular flexibility index (Phi) is 4.81. The Bertz CT molecular complexity index is 1110. The largest absolute Gasteiger partial charge is 0.457 e. The molecule has 3 atom stereocenters. The number of aromatic nitrogens is 1. The first kappa shape index (κ1) is 19.6. The van der Waals surface area contributed by atoms with Gasteiger partial charge in [0.2, 0.25) is 0 Å². The lowest BCUT2D eigenvalue weighted by atomic mass is 9.63. The van der Waals surface area contributed by atoms with Crippen LogP contribution in [0.4, 0.5) is 0 Å². The number of nitrogens with zero attached hydrogens (tertiary/aromatic N) is 2. The lowest BCUT2D eigenvalue weighted by Gasteiger charge is -2.57. The summed E-state index contributed by atoms with van der Waals surface area (Å²) < 4.78 is 6.22. The highest BCUT2D eigenvalue weighted by Crippen LogP contribution is 2.52. The smallest absolute Gasteiger partial charge is 0.189 e. The van der Waals surface area contributed by atoms with Gasteiger partial charge >= 0.3 is 0 Å². The highest BCUT2D eigenvalue weighted by atomic mass is 16.5. The van der Waals surface area contributed by atoms with Crippen LogP contribution in [0.3, 0.4) is 0 Å². The van der Waals surface area contributed by atoms with E-state index in [1.807, 2.05) is 66.9 Å². The van der Waals surface area contributed by atoms with Crippen LogP contribution >= 0.6 is 0 Å². The highest BCUT2D eigenvalue weighted by molar-refractivity contribution is 6.07. The zero-order valence-electron chi connectivity index (χ0n) is 18.0. The molecule has 4 aliphatic heterocycles. The summed E-state index contributed by atoms with van der Waals surface area (Å²) in [5.74, 6) is 2.10. The van der Waals surface area contributed by atoms with Gasteiger partial charge in [0.25, 0.3) is 0 Å². The van der Waals surface area contributed by atoms with Gasteiger partial charge in [0.05, 0.1) is 5.56 Å². The van der Waals surface area contributed by atoms with E-state index in [2.05, 4.69) is 21.3 Å². The molecule has 2 bridgehead atoms. The summed E-state index contributed by atoms with van der Waals surface area (Å²) in [6.07, 6.45) is 6.02. The van der Waals surface area contributed by atoms with Crippen molar-refractivity contribution < 1.29 is 9.53 Å². The molecule has 32 heavy (non-hydrogen) atoms. The van der Waals surface area contributed by atoms with Crippen molar-refractivity contribution in [3.8, 4) is 11.5 Å². The topological polar surface area (TPSA) is 54.5 Å². The van der Waals surface area contributed by atoms with Crippen LogP contribution in [-0.4, -0.2) is 46.9 Å². The molecule has 162 valence electrons. The van der Waals surface area contributed by atoms with Gasteiger partial charge in [0.1, 0.15) is 17.0 Å². The molecule has 5 nitrogen and oxygen atoms in total. The molecule has 5 heterocycles. The third kappa shape index (κ3) is 2.92. The van der Waals surface area contributed by atoms with E-state index in [-0.39, 0.29) is 17.7 Å². The van der Waals surface area contributed by atoms with Gasteiger partial charge in [-0.15, -0.1) is 0 Å². The van der Waals surface area contributed by atoms with Crippen molar-refractivity contribution in [3.63, 3.8) is 0 Å². The number of ketones is 1. The number of carbonyl (C=O) groups excluding carboxylic acids is 1. The molecule has 0 amide bonds. The Morgan fingerprint density at radius 2 is 1.78 bits per heavy atom. The van der Waals surface area contributed by atoms with E-state index in [1.54, 1.807) is 6.20 Å².